The molecule has 0 unspecified atom stereocenters. The maximum Gasteiger partial charge on any atom is 0.123 e. The first-order valence-electron chi connectivity index (χ1n) is 4.74. The van der Waals surface area contributed by atoms with Crippen LogP contribution in [0.2, 0.25) is 5.02 Å². The number of rotatable bonds is 6. The first-order valence-corrected chi connectivity index (χ1v) is 7.63. The van der Waals surface area contributed by atoms with Crippen LogP contribution in [0.1, 0.15) is 12.0 Å². The molecule has 4 heteroatoms. The molecule has 0 N–H and O–H groups in total. The number of ether oxygens (including phenoxy) is 1. The summed E-state index contributed by atoms with van der Waals surface area (Å²) in [5.74, 6) is 2.06. The van der Waals surface area contributed by atoms with E-state index in [0.717, 1.165) is 40.4 Å². The zero-order valence-electron chi connectivity index (χ0n) is 8.63. The molecule has 1 aromatic carbocycles. The van der Waals surface area contributed by atoms with Crippen molar-refractivity contribution < 1.29 is 4.74 Å². The van der Waals surface area contributed by atoms with Crippen LogP contribution in [0.3, 0.4) is 0 Å². The van der Waals surface area contributed by atoms with Crippen LogP contribution in [0.5, 0.6) is 5.75 Å². The third-order valence-corrected chi connectivity index (χ3v) is 3.45. The van der Waals surface area contributed by atoms with Gasteiger partial charge in [-0.3, -0.25) is 0 Å². The van der Waals surface area contributed by atoms with Crippen LogP contribution in [-0.4, -0.2) is 18.6 Å². The maximum atomic E-state index is 5.90. The van der Waals surface area contributed by atoms with E-state index < -0.39 is 0 Å². The average Bonchev–Trinajstić information content (AvgIpc) is 2.26. The molecule has 15 heavy (non-hydrogen) atoms. The second kappa shape index (κ2) is 7.42. The van der Waals surface area contributed by atoms with Crippen LogP contribution in [0.15, 0.2) is 18.2 Å². The van der Waals surface area contributed by atoms with Gasteiger partial charge in [-0.2, -0.15) is 11.8 Å². The molecule has 1 rings (SSSR count). The zero-order chi connectivity index (χ0) is 11.1. The summed E-state index contributed by atoms with van der Waals surface area (Å²) in [5, 5.41) is 1.52. The van der Waals surface area contributed by atoms with Gasteiger partial charge in [0.15, 0.2) is 0 Å². The third-order valence-electron chi connectivity index (χ3n) is 1.92. The lowest BCUT2D eigenvalue weighted by Crippen LogP contribution is -2.00. The maximum absolute atomic E-state index is 5.90. The molecule has 0 amide bonds. The Kier molecular flexibility index (Phi) is 6.53. The van der Waals surface area contributed by atoms with Gasteiger partial charge in [-0.15, -0.1) is 0 Å². The molecule has 0 aliphatic rings. The van der Waals surface area contributed by atoms with Crippen molar-refractivity contribution in [1.82, 2.24) is 0 Å². The molecule has 0 heterocycles. The van der Waals surface area contributed by atoms with Crippen LogP contribution < -0.4 is 4.74 Å². The second-order valence-corrected chi connectivity index (χ2v) is 5.06. The summed E-state index contributed by atoms with van der Waals surface area (Å²) in [6.07, 6.45) is 3.18. The van der Waals surface area contributed by atoms with Gasteiger partial charge in [0, 0.05) is 15.9 Å². The first kappa shape index (κ1) is 13.2. The van der Waals surface area contributed by atoms with E-state index in [0.29, 0.717) is 0 Å². The van der Waals surface area contributed by atoms with Crippen molar-refractivity contribution >= 4 is 39.3 Å². The summed E-state index contributed by atoms with van der Waals surface area (Å²) >= 11 is 11.2. The Balaban J connectivity index is 2.52. The number of alkyl halides is 1. The molecule has 0 spiro atoms. The SMILES string of the molecule is CSCCCOc1ccc(Cl)cc1CBr. The van der Waals surface area contributed by atoms with Gasteiger partial charge in [0.2, 0.25) is 0 Å². The summed E-state index contributed by atoms with van der Waals surface area (Å²) < 4.78 is 5.68. The highest BCUT2D eigenvalue weighted by Gasteiger charge is 2.03. The fourth-order valence-electron chi connectivity index (χ4n) is 1.18. The van der Waals surface area contributed by atoms with Gasteiger partial charge in [-0.1, -0.05) is 27.5 Å². The van der Waals surface area contributed by atoms with E-state index in [1.54, 1.807) is 0 Å². The van der Waals surface area contributed by atoms with Crippen LogP contribution in [0, 0.1) is 0 Å². The molecular weight excluding hydrogens is 296 g/mol. The topological polar surface area (TPSA) is 9.23 Å². The van der Waals surface area contributed by atoms with Crippen LogP contribution in [-0.2, 0) is 5.33 Å². The third kappa shape index (κ3) is 4.66. The van der Waals surface area contributed by atoms with E-state index in [1.807, 2.05) is 30.0 Å². The Morgan fingerprint density at radius 1 is 1.47 bits per heavy atom. The molecule has 0 fully saturated rings. The average molecular weight is 310 g/mol. The van der Waals surface area contributed by atoms with Gasteiger partial charge in [-0.05, 0) is 36.6 Å². The summed E-state index contributed by atoms with van der Waals surface area (Å²) in [4.78, 5) is 0. The number of hydrogen-bond acceptors (Lipinski definition) is 2. The summed E-state index contributed by atoms with van der Waals surface area (Å²) in [6, 6.07) is 5.72. The highest BCUT2D eigenvalue weighted by molar-refractivity contribution is 9.08. The Morgan fingerprint density at radius 2 is 2.27 bits per heavy atom. The minimum Gasteiger partial charge on any atom is -0.493 e. The van der Waals surface area contributed by atoms with E-state index in [4.69, 9.17) is 16.3 Å². The Hall–Kier alpha value is 0.140. The minimum absolute atomic E-state index is 0.751. The number of benzene rings is 1. The van der Waals surface area contributed by atoms with Crippen molar-refractivity contribution in [1.29, 1.82) is 0 Å². The molecule has 0 saturated carbocycles. The lowest BCUT2D eigenvalue weighted by molar-refractivity contribution is 0.316. The van der Waals surface area contributed by atoms with Gasteiger partial charge in [0.25, 0.3) is 0 Å². The molecule has 0 atom stereocenters. The minimum atomic E-state index is 0.751. The smallest absolute Gasteiger partial charge is 0.123 e. The number of thioether (sulfide) groups is 1. The van der Waals surface area contributed by atoms with Crippen molar-refractivity contribution in [2.24, 2.45) is 0 Å². The molecule has 0 radical (unpaired) electrons. The van der Waals surface area contributed by atoms with Gasteiger partial charge >= 0.3 is 0 Å². The summed E-state index contributed by atoms with van der Waals surface area (Å²) in [7, 11) is 0. The predicted octanol–water partition coefficient (Wildman–Crippen LogP) is 4.37. The molecule has 1 aromatic rings. The first-order chi connectivity index (χ1) is 7.27. The fourth-order valence-corrected chi connectivity index (χ4v) is 2.22. The normalized spacial score (nSPS) is 10.3. The zero-order valence-corrected chi connectivity index (χ0v) is 11.8. The summed E-state index contributed by atoms with van der Waals surface area (Å²) in [5.41, 5.74) is 1.10. The molecular formula is C11H14BrClOS. The van der Waals surface area contributed by atoms with E-state index in [2.05, 4.69) is 22.2 Å². The number of halogens is 2. The predicted molar refractivity (Wildman–Crippen MR) is 72.6 cm³/mol. The molecule has 0 aliphatic carbocycles. The second-order valence-electron chi connectivity index (χ2n) is 3.08. The highest BCUT2D eigenvalue weighted by Crippen LogP contribution is 2.25. The lowest BCUT2D eigenvalue weighted by atomic mass is 10.2. The van der Waals surface area contributed by atoms with Gasteiger partial charge < -0.3 is 4.74 Å². The Labute approximate surface area is 109 Å². The van der Waals surface area contributed by atoms with E-state index in [1.165, 1.54) is 0 Å². The van der Waals surface area contributed by atoms with Crippen molar-refractivity contribution in [2.45, 2.75) is 11.8 Å². The van der Waals surface area contributed by atoms with E-state index in [9.17, 15) is 0 Å². The van der Waals surface area contributed by atoms with Crippen molar-refractivity contribution in [3.8, 4) is 5.75 Å². The molecule has 84 valence electrons. The highest BCUT2D eigenvalue weighted by atomic mass is 79.9. The lowest BCUT2D eigenvalue weighted by Gasteiger charge is -2.09. The van der Waals surface area contributed by atoms with Gasteiger partial charge in [0.1, 0.15) is 5.75 Å². The number of hydrogen-bond donors (Lipinski definition) is 0. The Bertz CT molecular complexity index is 307. The van der Waals surface area contributed by atoms with Crippen LogP contribution in [0.25, 0.3) is 0 Å². The fraction of sp³-hybridized carbons (Fsp3) is 0.455. The monoisotopic (exact) mass is 308 g/mol. The standard InChI is InChI=1S/C11H14BrClOS/c1-15-6-2-5-14-11-4-3-10(13)7-9(11)8-12/h3-4,7H,2,5-6,8H2,1H3. The van der Waals surface area contributed by atoms with Crippen LogP contribution >= 0.6 is 39.3 Å². The Morgan fingerprint density at radius 3 is 2.93 bits per heavy atom. The molecule has 0 aliphatic heterocycles. The largest absolute Gasteiger partial charge is 0.493 e. The molecule has 1 nitrogen and oxygen atoms in total. The molecule has 0 saturated heterocycles. The van der Waals surface area contributed by atoms with Crippen LogP contribution in [0.4, 0.5) is 0 Å². The van der Waals surface area contributed by atoms with Gasteiger partial charge in [-0.25, -0.2) is 0 Å². The molecule has 0 aromatic heterocycles. The van der Waals surface area contributed by atoms with Crippen molar-refractivity contribution in [2.75, 3.05) is 18.6 Å². The molecule has 0 bridgehead atoms. The van der Waals surface area contributed by atoms with Crippen molar-refractivity contribution in [3.05, 3.63) is 28.8 Å². The van der Waals surface area contributed by atoms with Crippen molar-refractivity contribution in [3.63, 3.8) is 0 Å². The van der Waals surface area contributed by atoms with Gasteiger partial charge in [0.05, 0.1) is 6.61 Å². The quantitative estimate of drug-likeness (QED) is 0.570. The van der Waals surface area contributed by atoms with E-state index >= 15 is 0 Å². The summed E-state index contributed by atoms with van der Waals surface area (Å²) in [6.45, 7) is 0.766. The van der Waals surface area contributed by atoms with E-state index in [-0.39, 0.29) is 0 Å².